The van der Waals surface area contributed by atoms with Crippen LogP contribution in [-0.4, -0.2) is 16.5 Å². The Hall–Kier alpha value is -0.550. The van der Waals surface area contributed by atoms with E-state index in [1.165, 1.54) is 23.1 Å². The molecule has 2 nitrogen and oxygen atoms in total. The number of thioether (sulfide) groups is 1. The molecule has 0 saturated heterocycles. The van der Waals surface area contributed by atoms with Crippen molar-refractivity contribution in [3.05, 3.63) is 44.9 Å². The van der Waals surface area contributed by atoms with Gasteiger partial charge in [-0.2, -0.15) is 0 Å². The molecule has 0 fully saturated rings. The summed E-state index contributed by atoms with van der Waals surface area (Å²) in [7, 11) is 0. The predicted molar refractivity (Wildman–Crippen MR) is 78.4 cm³/mol. The van der Waals surface area contributed by atoms with Gasteiger partial charge in [-0.25, -0.2) is 4.98 Å². The third kappa shape index (κ3) is 3.48. The number of thiazole rings is 1. The van der Waals surface area contributed by atoms with Gasteiger partial charge in [0.25, 0.3) is 0 Å². The first-order valence-electron chi connectivity index (χ1n) is 5.09. The van der Waals surface area contributed by atoms with Gasteiger partial charge in [0.05, 0.1) is 10.8 Å². The summed E-state index contributed by atoms with van der Waals surface area (Å²) in [6.45, 7) is 1.93. The second kappa shape index (κ2) is 6.06. The maximum absolute atomic E-state index is 12.0. The summed E-state index contributed by atoms with van der Waals surface area (Å²) in [4.78, 5) is 16.3. The van der Waals surface area contributed by atoms with E-state index in [1.807, 2.05) is 12.3 Å². The van der Waals surface area contributed by atoms with Gasteiger partial charge in [-0.3, -0.25) is 4.79 Å². The minimum absolute atomic E-state index is 0.0190. The average molecular weight is 318 g/mol. The topological polar surface area (TPSA) is 30.0 Å². The van der Waals surface area contributed by atoms with E-state index >= 15 is 0 Å². The summed E-state index contributed by atoms with van der Waals surface area (Å²) in [5, 5.41) is 2.88. The lowest BCUT2D eigenvalue weighted by molar-refractivity contribution is 0.102. The van der Waals surface area contributed by atoms with Gasteiger partial charge in [-0.1, -0.05) is 35.0 Å². The highest BCUT2D eigenvalue weighted by Gasteiger charge is 2.12. The Morgan fingerprint density at radius 2 is 2.22 bits per heavy atom. The van der Waals surface area contributed by atoms with Crippen LogP contribution in [0, 0.1) is 6.92 Å². The molecule has 0 aliphatic heterocycles. The van der Waals surface area contributed by atoms with Crippen molar-refractivity contribution in [2.45, 2.75) is 11.3 Å². The first-order chi connectivity index (χ1) is 8.56. The van der Waals surface area contributed by atoms with E-state index in [-0.39, 0.29) is 5.78 Å². The Balaban J connectivity index is 2.03. The lowest BCUT2D eigenvalue weighted by Crippen LogP contribution is -2.03. The quantitative estimate of drug-likeness (QED) is 0.603. The van der Waals surface area contributed by atoms with Crippen LogP contribution in [-0.2, 0) is 0 Å². The molecule has 0 aliphatic carbocycles. The van der Waals surface area contributed by atoms with Crippen LogP contribution in [0.4, 0.5) is 0 Å². The molecular formula is C12H9Cl2NOS2. The standard InChI is InChI=1S/C12H9Cl2NOS2/c1-7-5-17-12(15-7)18-6-11(16)9-3-2-8(13)4-10(9)14/h2-5H,6H2,1H3. The number of rotatable bonds is 4. The number of halogens is 2. The van der Waals surface area contributed by atoms with Gasteiger partial charge in [0.15, 0.2) is 10.1 Å². The van der Waals surface area contributed by atoms with E-state index in [4.69, 9.17) is 23.2 Å². The Bertz CT molecular complexity index is 583. The van der Waals surface area contributed by atoms with E-state index in [9.17, 15) is 4.79 Å². The Kier molecular flexibility index (Phi) is 4.67. The van der Waals surface area contributed by atoms with Crippen LogP contribution in [0.2, 0.25) is 10.0 Å². The van der Waals surface area contributed by atoms with Crippen LogP contribution in [0.3, 0.4) is 0 Å². The number of hydrogen-bond acceptors (Lipinski definition) is 4. The van der Waals surface area contributed by atoms with Crippen LogP contribution < -0.4 is 0 Å². The predicted octanol–water partition coefficient (Wildman–Crippen LogP) is 4.73. The molecule has 0 bridgehead atoms. The third-order valence-corrected chi connectivity index (χ3v) is 4.84. The number of ketones is 1. The fourth-order valence-corrected chi connectivity index (χ4v) is 3.57. The van der Waals surface area contributed by atoms with Crippen molar-refractivity contribution < 1.29 is 4.79 Å². The Morgan fingerprint density at radius 1 is 1.44 bits per heavy atom. The smallest absolute Gasteiger partial charge is 0.174 e. The number of carbonyl (C=O) groups is 1. The van der Waals surface area contributed by atoms with Crippen molar-refractivity contribution >= 4 is 52.1 Å². The number of nitrogens with zero attached hydrogens (tertiary/aromatic N) is 1. The zero-order valence-electron chi connectivity index (χ0n) is 9.44. The summed E-state index contributed by atoms with van der Waals surface area (Å²) in [5.74, 6) is 0.309. The van der Waals surface area contributed by atoms with E-state index in [1.54, 1.807) is 18.2 Å². The first kappa shape index (κ1) is 13.9. The van der Waals surface area contributed by atoms with Gasteiger partial charge in [0.2, 0.25) is 0 Å². The fourth-order valence-electron chi connectivity index (χ4n) is 1.32. The monoisotopic (exact) mass is 317 g/mol. The molecule has 94 valence electrons. The first-order valence-corrected chi connectivity index (χ1v) is 7.71. The van der Waals surface area contributed by atoms with Gasteiger partial charge in [-0.05, 0) is 25.1 Å². The SMILES string of the molecule is Cc1csc(SCC(=O)c2ccc(Cl)cc2Cl)n1. The van der Waals surface area contributed by atoms with Crippen LogP contribution in [0.15, 0.2) is 27.9 Å². The minimum Gasteiger partial charge on any atom is -0.293 e. The van der Waals surface area contributed by atoms with Crippen molar-refractivity contribution in [2.24, 2.45) is 0 Å². The van der Waals surface area contributed by atoms with E-state index in [2.05, 4.69) is 4.98 Å². The molecule has 0 spiro atoms. The highest BCUT2D eigenvalue weighted by atomic mass is 35.5. The Labute approximate surface area is 123 Å². The molecule has 6 heteroatoms. The maximum Gasteiger partial charge on any atom is 0.174 e. The Morgan fingerprint density at radius 3 is 2.83 bits per heavy atom. The van der Waals surface area contributed by atoms with Gasteiger partial charge in [0, 0.05) is 21.7 Å². The van der Waals surface area contributed by atoms with E-state index < -0.39 is 0 Å². The average Bonchev–Trinajstić information content (AvgIpc) is 2.72. The molecule has 0 unspecified atom stereocenters. The molecule has 1 aromatic carbocycles. The van der Waals surface area contributed by atoms with Crippen molar-refractivity contribution in [1.29, 1.82) is 0 Å². The van der Waals surface area contributed by atoms with Crippen LogP contribution in [0.5, 0.6) is 0 Å². The highest BCUT2D eigenvalue weighted by Crippen LogP contribution is 2.26. The van der Waals surface area contributed by atoms with Gasteiger partial charge < -0.3 is 0 Å². The van der Waals surface area contributed by atoms with E-state index in [0.717, 1.165) is 10.0 Å². The van der Waals surface area contributed by atoms with Crippen molar-refractivity contribution in [1.82, 2.24) is 4.98 Å². The molecule has 1 heterocycles. The molecular weight excluding hydrogens is 309 g/mol. The van der Waals surface area contributed by atoms with Crippen molar-refractivity contribution in [3.63, 3.8) is 0 Å². The normalized spacial score (nSPS) is 10.6. The van der Waals surface area contributed by atoms with Gasteiger partial charge in [0.1, 0.15) is 0 Å². The number of hydrogen-bond donors (Lipinski definition) is 0. The second-order valence-electron chi connectivity index (χ2n) is 3.59. The summed E-state index contributed by atoms with van der Waals surface area (Å²) >= 11 is 14.7. The van der Waals surface area contributed by atoms with Crippen LogP contribution in [0.25, 0.3) is 0 Å². The summed E-state index contributed by atoms with van der Waals surface area (Å²) < 4.78 is 0.894. The molecule has 2 aromatic rings. The lowest BCUT2D eigenvalue weighted by atomic mass is 10.1. The highest BCUT2D eigenvalue weighted by molar-refractivity contribution is 8.01. The summed E-state index contributed by atoms with van der Waals surface area (Å²) in [5.41, 5.74) is 1.47. The fraction of sp³-hybridized carbons (Fsp3) is 0.167. The maximum atomic E-state index is 12.0. The van der Waals surface area contributed by atoms with Crippen LogP contribution >= 0.6 is 46.3 Å². The molecule has 2 rings (SSSR count). The van der Waals surface area contributed by atoms with Crippen molar-refractivity contribution in [3.8, 4) is 0 Å². The molecule has 0 radical (unpaired) electrons. The largest absolute Gasteiger partial charge is 0.293 e. The second-order valence-corrected chi connectivity index (χ2v) is 6.52. The molecule has 0 aliphatic rings. The zero-order chi connectivity index (χ0) is 13.1. The number of benzene rings is 1. The molecule has 1 aromatic heterocycles. The molecule has 0 amide bonds. The molecule has 0 atom stereocenters. The number of aromatic nitrogens is 1. The lowest BCUT2D eigenvalue weighted by Gasteiger charge is -2.02. The number of Topliss-reactive ketones (excluding diaryl/α,β-unsaturated/α-hetero) is 1. The third-order valence-electron chi connectivity index (χ3n) is 2.16. The molecule has 0 saturated carbocycles. The molecule has 0 N–H and O–H groups in total. The zero-order valence-corrected chi connectivity index (χ0v) is 12.6. The summed E-state index contributed by atoms with van der Waals surface area (Å²) in [6.07, 6.45) is 0. The van der Waals surface area contributed by atoms with Gasteiger partial charge in [-0.15, -0.1) is 11.3 Å². The number of carbonyl (C=O) groups excluding carboxylic acids is 1. The number of aryl methyl sites for hydroxylation is 1. The van der Waals surface area contributed by atoms with Crippen molar-refractivity contribution in [2.75, 3.05) is 5.75 Å². The van der Waals surface area contributed by atoms with Crippen LogP contribution in [0.1, 0.15) is 16.1 Å². The van der Waals surface area contributed by atoms with Gasteiger partial charge >= 0.3 is 0 Å². The molecule has 18 heavy (non-hydrogen) atoms. The minimum atomic E-state index is -0.0190. The van der Waals surface area contributed by atoms with E-state index in [0.29, 0.717) is 21.4 Å². The summed E-state index contributed by atoms with van der Waals surface area (Å²) in [6, 6.07) is 4.90.